The van der Waals surface area contributed by atoms with E-state index < -0.39 is 5.41 Å². The van der Waals surface area contributed by atoms with Crippen LogP contribution in [0.1, 0.15) is 40.5 Å². The lowest BCUT2D eigenvalue weighted by molar-refractivity contribution is -0.131. The van der Waals surface area contributed by atoms with Crippen LogP contribution in [0.15, 0.2) is 23.0 Å². The smallest absolute Gasteiger partial charge is 0.255 e. The molecule has 0 radical (unpaired) electrons. The van der Waals surface area contributed by atoms with Gasteiger partial charge in [-0.15, -0.1) is 0 Å². The van der Waals surface area contributed by atoms with Crippen LogP contribution < -0.4 is 0 Å². The van der Waals surface area contributed by atoms with E-state index >= 15 is 0 Å². The quantitative estimate of drug-likeness (QED) is 0.797. The van der Waals surface area contributed by atoms with Gasteiger partial charge in [0.15, 0.2) is 5.82 Å². The number of rotatable bonds is 3. The van der Waals surface area contributed by atoms with Gasteiger partial charge in [-0.25, -0.2) is 0 Å². The van der Waals surface area contributed by atoms with Gasteiger partial charge < -0.3 is 14.3 Å². The summed E-state index contributed by atoms with van der Waals surface area (Å²) in [4.78, 5) is 38.2. The van der Waals surface area contributed by atoms with Gasteiger partial charge in [0, 0.05) is 50.4 Å². The van der Waals surface area contributed by atoms with E-state index in [-0.39, 0.29) is 23.7 Å². The molecule has 8 nitrogen and oxygen atoms in total. The van der Waals surface area contributed by atoms with Gasteiger partial charge in [0.25, 0.3) is 5.91 Å². The Morgan fingerprint density at radius 2 is 1.89 bits per heavy atom. The molecule has 0 unspecified atom stereocenters. The summed E-state index contributed by atoms with van der Waals surface area (Å²) in [7, 11) is 0. The van der Waals surface area contributed by atoms with Crippen LogP contribution in [0.4, 0.5) is 0 Å². The minimum absolute atomic E-state index is 0.0405. The zero-order chi connectivity index (χ0) is 19.5. The zero-order valence-electron chi connectivity index (χ0n) is 16.1. The summed E-state index contributed by atoms with van der Waals surface area (Å²) in [5.74, 6) is 1.57. The molecule has 2 amide bonds. The first-order chi connectivity index (χ1) is 13.5. The molecule has 2 saturated heterocycles. The monoisotopic (exact) mass is 381 g/mol. The molecule has 2 aromatic heterocycles. The molecule has 2 aliphatic heterocycles. The highest BCUT2D eigenvalue weighted by atomic mass is 16.5. The highest BCUT2D eigenvalue weighted by Gasteiger charge is 2.59. The number of amides is 2. The lowest BCUT2D eigenvalue weighted by Gasteiger charge is -2.26. The molecule has 5 rings (SSSR count). The van der Waals surface area contributed by atoms with E-state index in [2.05, 4.69) is 15.1 Å². The Balaban J connectivity index is 1.44. The molecule has 2 aromatic rings. The number of aromatic nitrogens is 3. The summed E-state index contributed by atoms with van der Waals surface area (Å²) in [5, 5.41) is 3.97. The summed E-state index contributed by atoms with van der Waals surface area (Å²) in [6, 6.07) is 1.86. The predicted octanol–water partition coefficient (Wildman–Crippen LogP) is 1.34. The Morgan fingerprint density at radius 1 is 1.14 bits per heavy atom. The highest BCUT2D eigenvalue weighted by Crippen LogP contribution is 2.46. The second-order valence-corrected chi connectivity index (χ2v) is 8.43. The van der Waals surface area contributed by atoms with Gasteiger partial charge in [-0.2, -0.15) is 4.98 Å². The maximum Gasteiger partial charge on any atom is 0.255 e. The molecule has 146 valence electrons. The van der Waals surface area contributed by atoms with Gasteiger partial charge in [0.1, 0.15) is 0 Å². The van der Waals surface area contributed by atoms with Crippen LogP contribution in [0.3, 0.4) is 0 Å². The second-order valence-electron chi connectivity index (χ2n) is 8.43. The molecule has 1 saturated carbocycles. The van der Waals surface area contributed by atoms with Crippen molar-refractivity contribution in [1.29, 1.82) is 0 Å². The first-order valence-electron chi connectivity index (χ1n) is 9.77. The number of fused-ring (bicyclic) bond motifs is 1. The molecule has 28 heavy (non-hydrogen) atoms. The molecule has 2 atom stereocenters. The van der Waals surface area contributed by atoms with Crippen molar-refractivity contribution in [2.75, 3.05) is 26.2 Å². The number of nitrogens with zero attached hydrogens (tertiary/aromatic N) is 5. The molecule has 3 fully saturated rings. The third kappa shape index (κ3) is 2.70. The van der Waals surface area contributed by atoms with Crippen molar-refractivity contribution in [2.24, 2.45) is 11.8 Å². The van der Waals surface area contributed by atoms with Gasteiger partial charge >= 0.3 is 0 Å². The van der Waals surface area contributed by atoms with E-state index in [0.717, 1.165) is 18.4 Å². The Bertz CT molecular complexity index is 953. The summed E-state index contributed by atoms with van der Waals surface area (Å²) in [5.41, 5.74) is 1.05. The van der Waals surface area contributed by atoms with Gasteiger partial charge in [-0.3, -0.25) is 14.6 Å². The first kappa shape index (κ1) is 17.3. The molecular formula is C20H23N5O3. The van der Waals surface area contributed by atoms with Gasteiger partial charge in [-0.1, -0.05) is 5.16 Å². The fraction of sp³-hybridized carbons (Fsp3) is 0.550. The summed E-state index contributed by atoms with van der Waals surface area (Å²) < 4.78 is 5.56. The lowest BCUT2D eigenvalue weighted by Crippen LogP contribution is -2.41. The topological polar surface area (TPSA) is 92.4 Å². The van der Waals surface area contributed by atoms with Crippen LogP contribution in [0, 0.1) is 25.7 Å². The van der Waals surface area contributed by atoms with Gasteiger partial charge in [0.2, 0.25) is 11.8 Å². The number of hydrogen-bond acceptors (Lipinski definition) is 6. The highest BCUT2D eigenvalue weighted by molar-refractivity contribution is 5.94. The number of likely N-dealkylation sites (tertiary alicyclic amines) is 2. The molecule has 0 aromatic carbocycles. The Hall–Kier alpha value is -2.77. The second kappa shape index (κ2) is 6.12. The summed E-state index contributed by atoms with van der Waals surface area (Å²) in [6.07, 6.45) is 5.31. The SMILES string of the molecule is Cc1cncc(C(=O)N2C[C@H]3CN(C(=O)C4CC4)C[C@@]3(c3nc(C)no3)C2)c1. The summed E-state index contributed by atoms with van der Waals surface area (Å²) in [6.45, 7) is 5.92. The molecule has 3 aliphatic rings. The Morgan fingerprint density at radius 3 is 2.57 bits per heavy atom. The number of aryl methyl sites for hydroxylation is 2. The van der Waals surface area contributed by atoms with Crippen molar-refractivity contribution in [3.63, 3.8) is 0 Å². The largest absolute Gasteiger partial charge is 0.341 e. The van der Waals surface area contributed by atoms with Gasteiger partial charge in [-0.05, 0) is 38.3 Å². The third-order valence-corrected chi connectivity index (χ3v) is 6.21. The van der Waals surface area contributed by atoms with Crippen molar-refractivity contribution < 1.29 is 14.1 Å². The molecular weight excluding hydrogens is 358 g/mol. The van der Waals surface area contributed by atoms with E-state index in [4.69, 9.17) is 4.52 Å². The lowest BCUT2D eigenvalue weighted by atomic mass is 9.81. The van der Waals surface area contributed by atoms with Crippen molar-refractivity contribution in [2.45, 2.75) is 32.1 Å². The van der Waals surface area contributed by atoms with Crippen molar-refractivity contribution >= 4 is 11.8 Å². The molecule has 0 N–H and O–H groups in total. The van der Waals surface area contributed by atoms with Crippen LogP contribution in [0.5, 0.6) is 0 Å². The predicted molar refractivity (Wildman–Crippen MR) is 98.4 cm³/mol. The average molecular weight is 381 g/mol. The Kier molecular flexibility index (Phi) is 3.79. The number of carbonyl (C=O) groups is 2. The molecule has 1 aliphatic carbocycles. The molecule has 0 bridgehead atoms. The number of hydrogen-bond donors (Lipinski definition) is 0. The van der Waals surface area contributed by atoms with Crippen molar-refractivity contribution in [3.8, 4) is 0 Å². The van der Waals surface area contributed by atoms with Crippen LogP contribution in [0.25, 0.3) is 0 Å². The fourth-order valence-corrected chi connectivity index (χ4v) is 4.63. The average Bonchev–Trinajstić information content (AvgIpc) is 3.17. The van der Waals surface area contributed by atoms with Crippen LogP contribution in [-0.4, -0.2) is 62.9 Å². The molecule has 0 spiro atoms. The third-order valence-electron chi connectivity index (χ3n) is 6.21. The van der Waals surface area contributed by atoms with Crippen molar-refractivity contribution in [3.05, 3.63) is 41.3 Å². The van der Waals surface area contributed by atoms with Crippen LogP contribution in [-0.2, 0) is 10.2 Å². The van der Waals surface area contributed by atoms with E-state index in [1.54, 1.807) is 19.3 Å². The van der Waals surface area contributed by atoms with Crippen LogP contribution in [0.2, 0.25) is 0 Å². The number of pyridine rings is 1. The maximum absolute atomic E-state index is 13.1. The molecule has 4 heterocycles. The van der Waals surface area contributed by atoms with E-state index in [9.17, 15) is 9.59 Å². The first-order valence-corrected chi connectivity index (χ1v) is 9.77. The van der Waals surface area contributed by atoms with E-state index in [1.165, 1.54) is 0 Å². The minimum atomic E-state index is -0.487. The van der Waals surface area contributed by atoms with E-state index in [1.807, 2.05) is 22.8 Å². The van der Waals surface area contributed by atoms with Gasteiger partial charge in [0.05, 0.1) is 11.0 Å². The number of carbonyl (C=O) groups excluding carboxylic acids is 2. The molecule has 8 heteroatoms. The normalized spacial score (nSPS) is 26.6. The van der Waals surface area contributed by atoms with E-state index in [0.29, 0.717) is 43.5 Å². The van der Waals surface area contributed by atoms with Crippen LogP contribution >= 0.6 is 0 Å². The minimum Gasteiger partial charge on any atom is -0.341 e. The standard InChI is InChI=1S/C20H23N5O3/c1-12-5-15(7-21-6-12)18(27)25-9-16-8-24(17(26)14-3-4-14)10-20(16,11-25)19-22-13(2)23-28-19/h5-7,14,16H,3-4,8-11H2,1-2H3/t16-,20-/m1/s1. The fourth-order valence-electron chi connectivity index (χ4n) is 4.63. The van der Waals surface area contributed by atoms with Crippen molar-refractivity contribution in [1.82, 2.24) is 24.9 Å². The Labute approximate surface area is 162 Å². The summed E-state index contributed by atoms with van der Waals surface area (Å²) >= 11 is 0. The zero-order valence-corrected chi connectivity index (χ0v) is 16.1. The maximum atomic E-state index is 13.1.